The number of hydrogen-bond acceptors (Lipinski definition) is 3. The molecule has 0 aromatic carbocycles. The van der Waals surface area contributed by atoms with Crippen LogP contribution in [0.2, 0.25) is 0 Å². The molecule has 5 heteroatoms. The van der Waals surface area contributed by atoms with Gasteiger partial charge < -0.3 is 16.0 Å². The lowest BCUT2D eigenvalue weighted by atomic mass is 9.90. The fourth-order valence-corrected chi connectivity index (χ4v) is 2.47. The van der Waals surface area contributed by atoms with Crippen molar-refractivity contribution in [1.82, 2.24) is 10.2 Å². The van der Waals surface area contributed by atoms with Crippen molar-refractivity contribution in [3.05, 3.63) is 0 Å². The molecule has 1 aliphatic carbocycles. The van der Waals surface area contributed by atoms with Crippen molar-refractivity contribution in [3.8, 4) is 0 Å². The molecule has 1 rings (SSSR count). The molecule has 1 aliphatic rings. The standard InChI is InChI=1S/C13H25N3O2/c1-3-8-16(13(18)9-15-10(2)17)12-6-4-11(14)5-7-12/h11-12H,3-9,14H2,1-2H3,(H,15,17). The van der Waals surface area contributed by atoms with E-state index in [0.29, 0.717) is 6.04 Å². The largest absolute Gasteiger partial charge is 0.347 e. The summed E-state index contributed by atoms with van der Waals surface area (Å²) in [5.74, 6) is -0.141. The molecule has 0 unspecified atom stereocenters. The summed E-state index contributed by atoms with van der Waals surface area (Å²) in [7, 11) is 0. The molecule has 0 radical (unpaired) electrons. The minimum absolute atomic E-state index is 0.0209. The Kier molecular flexibility index (Phi) is 6.12. The second-order valence-electron chi connectivity index (χ2n) is 5.07. The molecule has 0 bridgehead atoms. The third kappa shape index (κ3) is 4.64. The Balaban J connectivity index is 2.52. The first kappa shape index (κ1) is 15.0. The van der Waals surface area contributed by atoms with Gasteiger partial charge in [-0.05, 0) is 32.1 Å². The van der Waals surface area contributed by atoms with Gasteiger partial charge in [-0.15, -0.1) is 0 Å². The van der Waals surface area contributed by atoms with E-state index in [4.69, 9.17) is 5.73 Å². The molecular weight excluding hydrogens is 230 g/mol. The molecule has 0 aromatic rings. The van der Waals surface area contributed by atoms with E-state index in [1.165, 1.54) is 6.92 Å². The van der Waals surface area contributed by atoms with E-state index in [2.05, 4.69) is 12.2 Å². The SMILES string of the molecule is CCCN(C(=O)CNC(C)=O)C1CCC(N)CC1. The van der Waals surface area contributed by atoms with Crippen LogP contribution in [0.5, 0.6) is 0 Å². The van der Waals surface area contributed by atoms with E-state index >= 15 is 0 Å². The van der Waals surface area contributed by atoms with Crippen molar-refractivity contribution in [2.45, 2.75) is 58.0 Å². The average Bonchev–Trinajstić information content (AvgIpc) is 2.34. The molecule has 0 atom stereocenters. The minimum Gasteiger partial charge on any atom is -0.347 e. The third-order valence-electron chi connectivity index (χ3n) is 3.46. The second kappa shape index (κ2) is 7.36. The van der Waals surface area contributed by atoms with E-state index < -0.39 is 0 Å². The van der Waals surface area contributed by atoms with Crippen LogP contribution in [0, 0.1) is 0 Å². The highest BCUT2D eigenvalue weighted by molar-refractivity contribution is 5.83. The molecule has 1 fully saturated rings. The number of carbonyl (C=O) groups is 2. The van der Waals surface area contributed by atoms with Crippen LogP contribution in [0.15, 0.2) is 0 Å². The molecule has 3 N–H and O–H groups in total. The molecule has 0 heterocycles. The number of nitrogens with zero attached hydrogens (tertiary/aromatic N) is 1. The summed E-state index contributed by atoms with van der Waals surface area (Å²) in [6.45, 7) is 4.36. The third-order valence-corrected chi connectivity index (χ3v) is 3.46. The summed E-state index contributed by atoms with van der Waals surface area (Å²) in [5.41, 5.74) is 5.89. The Morgan fingerprint density at radius 1 is 1.28 bits per heavy atom. The van der Waals surface area contributed by atoms with Gasteiger partial charge >= 0.3 is 0 Å². The Morgan fingerprint density at radius 3 is 2.39 bits per heavy atom. The average molecular weight is 255 g/mol. The summed E-state index contributed by atoms with van der Waals surface area (Å²) in [6.07, 6.45) is 4.87. The van der Waals surface area contributed by atoms with Crippen LogP contribution in [-0.4, -0.2) is 41.9 Å². The number of nitrogens with two attached hydrogens (primary N) is 1. The number of rotatable bonds is 5. The smallest absolute Gasteiger partial charge is 0.242 e. The molecule has 104 valence electrons. The van der Waals surface area contributed by atoms with Crippen LogP contribution in [0.4, 0.5) is 0 Å². The molecule has 0 aromatic heterocycles. The van der Waals surface area contributed by atoms with E-state index in [9.17, 15) is 9.59 Å². The Hall–Kier alpha value is -1.10. The molecule has 18 heavy (non-hydrogen) atoms. The second-order valence-corrected chi connectivity index (χ2v) is 5.07. The fourth-order valence-electron chi connectivity index (χ4n) is 2.47. The Morgan fingerprint density at radius 2 is 1.89 bits per heavy atom. The van der Waals surface area contributed by atoms with Crippen molar-refractivity contribution in [1.29, 1.82) is 0 Å². The van der Waals surface area contributed by atoms with Gasteiger partial charge in [-0.2, -0.15) is 0 Å². The van der Waals surface area contributed by atoms with Gasteiger partial charge in [0.25, 0.3) is 0 Å². The molecule has 0 aliphatic heterocycles. The summed E-state index contributed by atoms with van der Waals surface area (Å²) in [6, 6.07) is 0.584. The van der Waals surface area contributed by atoms with Crippen molar-refractivity contribution < 1.29 is 9.59 Å². The molecule has 5 nitrogen and oxygen atoms in total. The van der Waals surface area contributed by atoms with Crippen LogP contribution in [0.3, 0.4) is 0 Å². The number of hydrogen-bond donors (Lipinski definition) is 2. The summed E-state index contributed by atoms with van der Waals surface area (Å²) in [5, 5.41) is 2.58. The Bertz CT molecular complexity index is 286. The molecule has 0 saturated heterocycles. The van der Waals surface area contributed by atoms with Gasteiger partial charge in [0.15, 0.2) is 0 Å². The van der Waals surface area contributed by atoms with Crippen molar-refractivity contribution in [3.63, 3.8) is 0 Å². The van der Waals surface area contributed by atoms with Crippen LogP contribution in [0.1, 0.15) is 46.0 Å². The van der Waals surface area contributed by atoms with Gasteiger partial charge in [-0.1, -0.05) is 6.92 Å². The maximum atomic E-state index is 12.1. The van der Waals surface area contributed by atoms with Crippen molar-refractivity contribution >= 4 is 11.8 Å². The lowest BCUT2D eigenvalue weighted by Gasteiger charge is -2.36. The van der Waals surface area contributed by atoms with Crippen LogP contribution < -0.4 is 11.1 Å². The Labute approximate surface area is 109 Å². The van der Waals surface area contributed by atoms with Gasteiger partial charge in [-0.25, -0.2) is 0 Å². The zero-order valence-corrected chi connectivity index (χ0v) is 11.4. The highest BCUT2D eigenvalue weighted by Gasteiger charge is 2.26. The first-order valence-corrected chi connectivity index (χ1v) is 6.84. The fraction of sp³-hybridized carbons (Fsp3) is 0.846. The lowest BCUT2D eigenvalue weighted by molar-refractivity contribution is -0.135. The number of amides is 2. The van der Waals surface area contributed by atoms with Crippen LogP contribution in [-0.2, 0) is 9.59 Å². The van der Waals surface area contributed by atoms with E-state index in [0.717, 1.165) is 38.6 Å². The van der Waals surface area contributed by atoms with Gasteiger partial charge in [0.05, 0.1) is 6.54 Å². The van der Waals surface area contributed by atoms with E-state index in [-0.39, 0.29) is 24.4 Å². The predicted molar refractivity (Wildman–Crippen MR) is 70.9 cm³/mol. The van der Waals surface area contributed by atoms with Gasteiger partial charge in [-0.3, -0.25) is 9.59 Å². The van der Waals surface area contributed by atoms with Crippen molar-refractivity contribution in [2.24, 2.45) is 5.73 Å². The van der Waals surface area contributed by atoms with E-state index in [1.54, 1.807) is 0 Å². The zero-order valence-electron chi connectivity index (χ0n) is 11.4. The highest BCUT2D eigenvalue weighted by atomic mass is 16.2. The maximum absolute atomic E-state index is 12.1. The molecular formula is C13H25N3O2. The highest BCUT2D eigenvalue weighted by Crippen LogP contribution is 2.22. The molecule has 1 saturated carbocycles. The first-order chi connectivity index (χ1) is 8.54. The van der Waals surface area contributed by atoms with Gasteiger partial charge in [0, 0.05) is 25.6 Å². The number of nitrogens with one attached hydrogen (secondary N) is 1. The van der Waals surface area contributed by atoms with Crippen molar-refractivity contribution in [2.75, 3.05) is 13.1 Å². The summed E-state index contributed by atoms with van der Waals surface area (Å²) < 4.78 is 0. The molecule has 2 amide bonds. The van der Waals surface area contributed by atoms with Crippen LogP contribution in [0.25, 0.3) is 0 Å². The van der Waals surface area contributed by atoms with Gasteiger partial charge in [0.2, 0.25) is 11.8 Å². The minimum atomic E-state index is -0.162. The quantitative estimate of drug-likeness (QED) is 0.756. The lowest BCUT2D eigenvalue weighted by Crippen LogP contribution is -2.48. The van der Waals surface area contributed by atoms with Crippen LogP contribution >= 0.6 is 0 Å². The normalized spacial score (nSPS) is 23.5. The van der Waals surface area contributed by atoms with E-state index in [1.807, 2.05) is 4.90 Å². The maximum Gasteiger partial charge on any atom is 0.242 e. The summed E-state index contributed by atoms with van der Waals surface area (Å²) in [4.78, 5) is 24.9. The number of carbonyl (C=O) groups excluding carboxylic acids is 2. The molecule has 0 spiro atoms. The zero-order chi connectivity index (χ0) is 13.5. The monoisotopic (exact) mass is 255 g/mol. The topological polar surface area (TPSA) is 75.4 Å². The van der Waals surface area contributed by atoms with Gasteiger partial charge in [0.1, 0.15) is 0 Å². The summed E-state index contributed by atoms with van der Waals surface area (Å²) >= 11 is 0. The predicted octanol–water partition coefficient (Wildman–Crippen LogP) is 0.631. The first-order valence-electron chi connectivity index (χ1n) is 6.84.